The first-order chi connectivity index (χ1) is 8.85. The van der Waals surface area contributed by atoms with Crippen molar-refractivity contribution in [2.45, 2.75) is 25.3 Å². The van der Waals surface area contributed by atoms with E-state index in [1.807, 2.05) is 0 Å². The van der Waals surface area contributed by atoms with Crippen LogP contribution in [-0.2, 0) is 16.3 Å². The fraction of sp³-hybridized carbons (Fsp3) is 0.538. The van der Waals surface area contributed by atoms with Gasteiger partial charge in [-0.1, -0.05) is 17.7 Å². The molecule has 0 amide bonds. The lowest BCUT2D eigenvalue weighted by molar-refractivity contribution is 0.468. The summed E-state index contributed by atoms with van der Waals surface area (Å²) in [5.41, 5.74) is 6.91. The number of hydrogen-bond acceptors (Lipinski definition) is 3. The van der Waals surface area contributed by atoms with Gasteiger partial charge in [0.1, 0.15) is 5.82 Å². The Morgan fingerprint density at radius 2 is 2.21 bits per heavy atom. The highest BCUT2D eigenvalue weighted by Crippen LogP contribution is 2.24. The van der Waals surface area contributed by atoms with Crippen molar-refractivity contribution in [2.24, 2.45) is 11.7 Å². The van der Waals surface area contributed by atoms with Gasteiger partial charge in [-0.05, 0) is 42.9 Å². The summed E-state index contributed by atoms with van der Waals surface area (Å²) in [6, 6.07) is 4.43. The normalized spacial score (nSPS) is 23.4. The third-order valence-electron chi connectivity index (χ3n) is 3.44. The lowest BCUT2D eigenvalue weighted by Crippen LogP contribution is -2.26. The highest BCUT2D eigenvalue weighted by molar-refractivity contribution is 7.91. The summed E-state index contributed by atoms with van der Waals surface area (Å²) in [7, 11) is -2.85. The molecule has 6 heteroatoms. The van der Waals surface area contributed by atoms with Crippen LogP contribution in [0.15, 0.2) is 18.2 Å². The zero-order chi connectivity index (χ0) is 14.0. The van der Waals surface area contributed by atoms with Gasteiger partial charge in [0.25, 0.3) is 0 Å². The van der Waals surface area contributed by atoms with Crippen LogP contribution in [0.3, 0.4) is 0 Å². The zero-order valence-corrected chi connectivity index (χ0v) is 12.1. The quantitative estimate of drug-likeness (QED) is 0.927. The van der Waals surface area contributed by atoms with Gasteiger partial charge in [0.05, 0.1) is 16.5 Å². The average molecular weight is 306 g/mol. The molecule has 2 atom stereocenters. The first-order valence-corrected chi connectivity index (χ1v) is 8.45. The van der Waals surface area contributed by atoms with Crippen LogP contribution in [0.2, 0.25) is 5.02 Å². The summed E-state index contributed by atoms with van der Waals surface area (Å²) in [6.45, 7) is 0. The second kappa shape index (κ2) is 5.77. The van der Waals surface area contributed by atoms with Crippen LogP contribution < -0.4 is 5.73 Å². The number of sulfone groups is 1. The molecule has 0 aromatic heterocycles. The van der Waals surface area contributed by atoms with E-state index in [-0.39, 0.29) is 28.5 Å². The predicted octanol–water partition coefficient (Wildman–Crippen LogP) is 2.17. The van der Waals surface area contributed by atoms with E-state index in [2.05, 4.69) is 0 Å². The maximum atomic E-state index is 13.0. The summed E-state index contributed by atoms with van der Waals surface area (Å²) < 4.78 is 35.7. The third kappa shape index (κ3) is 4.16. The van der Waals surface area contributed by atoms with Crippen LogP contribution in [-0.4, -0.2) is 26.0 Å². The van der Waals surface area contributed by atoms with Crippen molar-refractivity contribution >= 4 is 21.4 Å². The van der Waals surface area contributed by atoms with Crippen LogP contribution in [0, 0.1) is 11.7 Å². The van der Waals surface area contributed by atoms with Crippen LogP contribution in [0.1, 0.15) is 18.4 Å². The Labute approximate surface area is 117 Å². The van der Waals surface area contributed by atoms with E-state index in [0.29, 0.717) is 19.3 Å². The monoisotopic (exact) mass is 305 g/mol. The fourth-order valence-electron chi connectivity index (χ4n) is 2.54. The fourth-order valence-corrected chi connectivity index (χ4v) is 4.62. The maximum absolute atomic E-state index is 13.0. The van der Waals surface area contributed by atoms with E-state index in [0.717, 1.165) is 5.56 Å². The molecule has 1 aliphatic heterocycles. The topological polar surface area (TPSA) is 60.2 Å². The number of nitrogens with two attached hydrogens (primary N) is 1. The van der Waals surface area contributed by atoms with Crippen LogP contribution in [0.4, 0.5) is 4.39 Å². The minimum absolute atomic E-state index is 0.0909. The maximum Gasteiger partial charge on any atom is 0.150 e. The lowest BCUT2D eigenvalue weighted by atomic mass is 9.95. The molecule has 1 heterocycles. The Bertz CT molecular complexity index is 562. The SMILES string of the molecule is NC(Cc1ccc(F)c(Cl)c1)CC1CCS(=O)(=O)C1. The minimum atomic E-state index is -2.85. The molecule has 0 aliphatic carbocycles. The van der Waals surface area contributed by atoms with E-state index in [9.17, 15) is 12.8 Å². The summed E-state index contributed by atoms with van der Waals surface area (Å²) >= 11 is 5.71. The van der Waals surface area contributed by atoms with Gasteiger partial charge < -0.3 is 5.73 Å². The number of benzene rings is 1. The predicted molar refractivity (Wildman–Crippen MR) is 74.5 cm³/mol. The summed E-state index contributed by atoms with van der Waals surface area (Å²) in [5, 5.41) is 0.0909. The van der Waals surface area contributed by atoms with Crippen molar-refractivity contribution in [1.29, 1.82) is 0 Å². The van der Waals surface area contributed by atoms with Gasteiger partial charge in [0, 0.05) is 6.04 Å². The van der Waals surface area contributed by atoms with Crippen molar-refractivity contribution in [3.63, 3.8) is 0 Å². The van der Waals surface area contributed by atoms with Crippen LogP contribution in [0.25, 0.3) is 0 Å². The molecule has 0 saturated carbocycles. The number of halogens is 2. The number of rotatable bonds is 4. The molecule has 0 radical (unpaired) electrons. The lowest BCUT2D eigenvalue weighted by Gasteiger charge is -2.15. The van der Waals surface area contributed by atoms with Gasteiger partial charge in [-0.15, -0.1) is 0 Å². The molecule has 0 bridgehead atoms. The van der Waals surface area contributed by atoms with E-state index in [1.54, 1.807) is 12.1 Å². The Kier molecular flexibility index (Phi) is 4.48. The molecule has 1 saturated heterocycles. The molecule has 2 N–H and O–H groups in total. The first kappa shape index (κ1) is 14.8. The molecule has 0 spiro atoms. The molecule has 1 fully saturated rings. The largest absolute Gasteiger partial charge is 0.327 e. The van der Waals surface area contributed by atoms with Gasteiger partial charge in [0.2, 0.25) is 0 Å². The first-order valence-electron chi connectivity index (χ1n) is 6.25. The second-order valence-corrected chi connectivity index (χ2v) is 7.85. The number of hydrogen-bond donors (Lipinski definition) is 1. The molecular weight excluding hydrogens is 289 g/mol. The van der Waals surface area contributed by atoms with Crippen LogP contribution >= 0.6 is 11.6 Å². The summed E-state index contributed by atoms with van der Waals surface area (Å²) in [4.78, 5) is 0. The standard InChI is InChI=1S/C13H17ClFNO2S/c14-12-7-9(1-2-13(12)15)5-11(16)6-10-3-4-19(17,18)8-10/h1-2,7,10-11H,3-6,8,16H2. The van der Waals surface area contributed by atoms with Gasteiger partial charge >= 0.3 is 0 Å². The molecule has 1 aromatic carbocycles. The highest BCUT2D eigenvalue weighted by atomic mass is 35.5. The van der Waals surface area contributed by atoms with E-state index in [1.165, 1.54) is 6.07 Å². The molecule has 3 nitrogen and oxygen atoms in total. The molecule has 1 aliphatic rings. The van der Waals surface area contributed by atoms with Crippen molar-refractivity contribution < 1.29 is 12.8 Å². The van der Waals surface area contributed by atoms with Gasteiger partial charge in [-0.3, -0.25) is 0 Å². The third-order valence-corrected chi connectivity index (χ3v) is 5.57. The second-order valence-electron chi connectivity index (χ2n) is 5.22. The Balaban J connectivity index is 1.91. The van der Waals surface area contributed by atoms with Crippen molar-refractivity contribution in [1.82, 2.24) is 0 Å². The molecule has 106 valence electrons. The minimum Gasteiger partial charge on any atom is -0.327 e. The molecule has 1 aromatic rings. The Morgan fingerprint density at radius 1 is 1.47 bits per heavy atom. The van der Waals surface area contributed by atoms with Gasteiger partial charge in [0.15, 0.2) is 9.84 Å². The Hall–Kier alpha value is -0.650. The van der Waals surface area contributed by atoms with E-state index >= 15 is 0 Å². The summed E-state index contributed by atoms with van der Waals surface area (Å²) in [5.74, 6) is 0.217. The van der Waals surface area contributed by atoms with E-state index in [4.69, 9.17) is 17.3 Å². The van der Waals surface area contributed by atoms with Crippen molar-refractivity contribution in [3.8, 4) is 0 Å². The van der Waals surface area contributed by atoms with Gasteiger partial charge in [-0.25, -0.2) is 12.8 Å². The van der Waals surface area contributed by atoms with Gasteiger partial charge in [-0.2, -0.15) is 0 Å². The van der Waals surface area contributed by atoms with Crippen molar-refractivity contribution in [2.75, 3.05) is 11.5 Å². The van der Waals surface area contributed by atoms with E-state index < -0.39 is 15.7 Å². The zero-order valence-electron chi connectivity index (χ0n) is 10.5. The average Bonchev–Trinajstić information content (AvgIpc) is 2.63. The Morgan fingerprint density at radius 3 is 2.79 bits per heavy atom. The molecular formula is C13H17ClFNO2S. The van der Waals surface area contributed by atoms with Crippen LogP contribution in [0.5, 0.6) is 0 Å². The smallest absolute Gasteiger partial charge is 0.150 e. The molecule has 2 unspecified atom stereocenters. The van der Waals surface area contributed by atoms with Crippen molar-refractivity contribution in [3.05, 3.63) is 34.6 Å². The highest BCUT2D eigenvalue weighted by Gasteiger charge is 2.28. The summed E-state index contributed by atoms with van der Waals surface area (Å²) in [6.07, 6.45) is 1.95. The molecule has 2 rings (SSSR count). The molecule has 19 heavy (non-hydrogen) atoms.